The number of rotatable bonds is 5. The van der Waals surface area contributed by atoms with Gasteiger partial charge in [-0.25, -0.2) is 4.98 Å². The van der Waals surface area contributed by atoms with Gasteiger partial charge in [0.05, 0.1) is 25.0 Å². The molecular weight excluding hydrogens is 324 g/mol. The largest absolute Gasteiger partial charge is 0.392 e. The molecule has 2 heterocycles. The van der Waals surface area contributed by atoms with Crippen molar-refractivity contribution in [3.8, 4) is 0 Å². The van der Waals surface area contributed by atoms with Crippen LogP contribution in [0.1, 0.15) is 29.8 Å². The number of likely N-dealkylation sites (N-methyl/N-ethyl adjacent to an activating group) is 1. The standard InChI is InChI=1S/C17H26N4O4/c1-20(2)7-8-25-14-9-13(22)17(14)3-5-21(6-4-17)16(24)12-10-19-15(23)11-18-12/h10-11,13-14,22H,3-9H2,1-2H3,(H,19,23)/t13-,14+/m0/s1. The third kappa shape index (κ3) is 3.61. The molecule has 0 radical (unpaired) electrons. The minimum atomic E-state index is -0.361. The lowest BCUT2D eigenvalue weighted by Gasteiger charge is -2.56. The molecule has 1 aromatic rings. The number of piperidine rings is 1. The molecule has 2 fully saturated rings. The van der Waals surface area contributed by atoms with Crippen LogP contribution in [-0.2, 0) is 4.74 Å². The number of amides is 1. The number of hydrogen-bond donors (Lipinski definition) is 2. The zero-order chi connectivity index (χ0) is 18.0. The van der Waals surface area contributed by atoms with Crippen LogP contribution in [0.25, 0.3) is 0 Å². The maximum absolute atomic E-state index is 12.5. The van der Waals surface area contributed by atoms with Gasteiger partial charge in [-0.1, -0.05) is 0 Å². The number of likely N-dealkylation sites (tertiary alicyclic amines) is 1. The first-order chi connectivity index (χ1) is 11.9. The molecule has 0 aromatic carbocycles. The molecule has 3 rings (SSSR count). The molecule has 138 valence electrons. The first-order valence-electron chi connectivity index (χ1n) is 8.71. The van der Waals surface area contributed by atoms with E-state index in [-0.39, 0.29) is 34.8 Å². The van der Waals surface area contributed by atoms with Crippen LogP contribution in [0, 0.1) is 5.41 Å². The molecule has 1 spiro atoms. The van der Waals surface area contributed by atoms with Crippen molar-refractivity contribution < 1.29 is 14.6 Å². The Bertz CT molecular complexity index is 646. The van der Waals surface area contributed by atoms with Crippen molar-refractivity contribution in [1.29, 1.82) is 0 Å². The van der Waals surface area contributed by atoms with Crippen LogP contribution < -0.4 is 5.56 Å². The molecule has 2 atom stereocenters. The Morgan fingerprint density at radius 3 is 2.76 bits per heavy atom. The second kappa shape index (κ2) is 7.23. The fourth-order valence-corrected chi connectivity index (χ4v) is 3.74. The van der Waals surface area contributed by atoms with Gasteiger partial charge < -0.3 is 24.6 Å². The SMILES string of the molecule is CN(C)CCO[C@@H]1C[C@H](O)C12CCN(C(=O)c1c[nH]c(=O)cn1)CC2. The lowest BCUT2D eigenvalue weighted by atomic mass is 9.58. The van der Waals surface area contributed by atoms with Gasteiger partial charge in [-0.15, -0.1) is 0 Å². The first kappa shape index (κ1) is 18.0. The zero-order valence-corrected chi connectivity index (χ0v) is 14.8. The Kier molecular flexibility index (Phi) is 5.21. The van der Waals surface area contributed by atoms with Crippen LogP contribution in [0.4, 0.5) is 0 Å². The van der Waals surface area contributed by atoms with Crippen LogP contribution >= 0.6 is 0 Å². The summed E-state index contributed by atoms with van der Waals surface area (Å²) in [6.45, 7) is 2.62. The number of aromatic nitrogens is 2. The number of nitrogens with zero attached hydrogens (tertiary/aromatic N) is 3. The molecule has 1 saturated carbocycles. The molecule has 1 aliphatic carbocycles. The average molecular weight is 350 g/mol. The summed E-state index contributed by atoms with van der Waals surface area (Å²) in [5.74, 6) is -0.190. The van der Waals surface area contributed by atoms with E-state index in [1.165, 1.54) is 6.20 Å². The lowest BCUT2D eigenvalue weighted by Crippen LogP contribution is -2.63. The topological polar surface area (TPSA) is 98.8 Å². The van der Waals surface area contributed by atoms with Crippen LogP contribution in [-0.4, -0.2) is 83.3 Å². The maximum atomic E-state index is 12.5. The van der Waals surface area contributed by atoms with Crippen molar-refractivity contribution in [3.63, 3.8) is 0 Å². The van der Waals surface area contributed by atoms with Crippen molar-refractivity contribution in [2.24, 2.45) is 5.41 Å². The van der Waals surface area contributed by atoms with E-state index < -0.39 is 0 Å². The van der Waals surface area contributed by atoms with Gasteiger partial charge in [0.25, 0.3) is 11.5 Å². The second-order valence-electron chi connectivity index (χ2n) is 7.24. The van der Waals surface area contributed by atoms with Crippen LogP contribution in [0.3, 0.4) is 0 Å². The minimum absolute atomic E-state index is 0.0610. The fourth-order valence-electron chi connectivity index (χ4n) is 3.74. The average Bonchev–Trinajstić information content (AvgIpc) is 2.61. The van der Waals surface area contributed by atoms with Gasteiger partial charge in [0.2, 0.25) is 0 Å². The summed E-state index contributed by atoms with van der Waals surface area (Å²) in [6.07, 6.45) is 4.27. The van der Waals surface area contributed by atoms with Crippen molar-refractivity contribution in [2.75, 3.05) is 40.3 Å². The molecule has 25 heavy (non-hydrogen) atoms. The summed E-state index contributed by atoms with van der Waals surface area (Å²) in [4.78, 5) is 33.7. The smallest absolute Gasteiger partial charge is 0.273 e. The highest BCUT2D eigenvalue weighted by molar-refractivity contribution is 5.92. The molecule has 0 unspecified atom stereocenters. The molecular formula is C17H26N4O4. The Morgan fingerprint density at radius 1 is 1.48 bits per heavy atom. The van der Waals surface area contributed by atoms with Crippen LogP contribution in [0.2, 0.25) is 0 Å². The van der Waals surface area contributed by atoms with E-state index in [2.05, 4.69) is 14.9 Å². The summed E-state index contributed by atoms with van der Waals surface area (Å²) < 4.78 is 5.99. The summed E-state index contributed by atoms with van der Waals surface area (Å²) in [7, 11) is 4.01. The normalized spacial score (nSPS) is 25.2. The summed E-state index contributed by atoms with van der Waals surface area (Å²) in [6, 6.07) is 0. The molecule has 1 aromatic heterocycles. The zero-order valence-electron chi connectivity index (χ0n) is 14.8. The number of nitrogens with one attached hydrogen (secondary N) is 1. The van der Waals surface area contributed by atoms with Gasteiger partial charge in [-0.05, 0) is 26.9 Å². The maximum Gasteiger partial charge on any atom is 0.273 e. The molecule has 0 bridgehead atoms. The van der Waals surface area contributed by atoms with E-state index in [9.17, 15) is 14.7 Å². The number of H-pyrrole nitrogens is 1. The highest BCUT2D eigenvalue weighted by Gasteiger charge is 2.56. The van der Waals surface area contributed by atoms with E-state index in [0.717, 1.165) is 25.6 Å². The predicted molar refractivity (Wildman–Crippen MR) is 91.3 cm³/mol. The Hall–Kier alpha value is -1.77. The van der Waals surface area contributed by atoms with Crippen molar-refractivity contribution in [2.45, 2.75) is 31.5 Å². The quantitative estimate of drug-likeness (QED) is 0.757. The monoisotopic (exact) mass is 350 g/mol. The van der Waals surface area contributed by atoms with E-state index >= 15 is 0 Å². The molecule has 1 amide bonds. The van der Waals surface area contributed by atoms with Crippen molar-refractivity contribution >= 4 is 5.91 Å². The lowest BCUT2D eigenvalue weighted by molar-refractivity contribution is -0.209. The van der Waals surface area contributed by atoms with Gasteiger partial charge in [0.1, 0.15) is 5.69 Å². The number of aliphatic hydroxyl groups excluding tert-OH is 1. The number of ether oxygens (including phenoxy) is 1. The van der Waals surface area contributed by atoms with E-state index in [1.54, 1.807) is 4.90 Å². The van der Waals surface area contributed by atoms with Crippen molar-refractivity contribution in [1.82, 2.24) is 19.8 Å². The minimum Gasteiger partial charge on any atom is -0.392 e. The number of carbonyl (C=O) groups is 1. The summed E-state index contributed by atoms with van der Waals surface area (Å²) >= 11 is 0. The molecule has 1 saturated heterocycles. The number of hydrogen-bond acceptors (Lipinski definition) is 6. The molecule has 2 aliphatic rings. The molecule has 1 aliphatic heterocycles. The van der Waals surface area contributed by atoms with Crippen molar-refractivity contribution in [3.05, 3.63) is 28.4 Å². The summed E-state index contributed by atoms with van der Waals surface area (Å²) in [5.41, 5.74) is -0.324. The second-order valence-corrected chi connectivity index (χ2v) is 7.24. The van der Waals surface area contributed by atoms with E-state index in [1.807, 2.05) is 14.1 Å². The molecule has 8 heteroatoms. The van der Waals surface area contributed by atoms with Crippen LogP contribution in [0.5, 0.6) is 0 Å². The number of aromatic amines is 1. The van der Waals surface area contributed by atoms with Gasteiger partial charge in [-0.3, -0.25) is 9.59 Å². The summed E-state index contributed by atoms with van der Waals surface area (Å²) in [5, 5.41) is 10.3. The molecule has 2 N–H and O–H groups in total. The number of carbonyl (C=O) groups excluding carboxylic acids is 1. The fraction of sp³-hybridized carbons (Fsp3) is 0.706. The van der Waals surface area contributed by atoms with Gasteiger partial charge >= 0.3 is 0 Å². The Morgan fingerprint density at radius 2 is 2.20 bits per heavy atom. The highest BCUT2D eigenvalue weighted by Crippen LogP contribution is 2.51. The predicted octanol–water partition coefficient (Wildman–Crippen LogP) is -0.296. The number of aliphatic hydroxyl groups is 1. The highest BCUT2D eigenvalue weighted by atomic mass is 16.5. The Labute approximate surface area is 146 Å². The molecule has 8 nitrogen and oxygen atoms in total. The van der Waals surface area contributed by atoms with Crippen LogP contribution in [0.15, 0.2) is 17.2 Å². The van der Waals surface area contributed by atoms with Gasteiger partial charge in [-0.2, -0.15) is 0 Å². The van der Waals surface area contributed by atoms with E-state index in [0.29, 0.717) is 26.1 Å². The first-order valence-corrected chi connectivity index (χ1v) is 8.71. The third-order valence-corrected chi connectivity index (χ3v) is 5.47. The van der Waals surface area contributed by atoms with Gasteiger partial charge in [0, 0.05) is 37.7 Å². The van der Waals surface area contributed by atoms with E-state index in [4.69, 9.17) is 4.74 Å². The van der Waals surface area contributed by atoms with Gasteiger partial charge in [0.15, 0.2) is 0 Å². The Balaban J connectivity index is 1.57. The third-order valence-electron chi connectivity index (χ3n) is 5.47.